The Balaban J connectivity index is 2.60. The smallest absolute Gasteiger partial charge is 0.275 e. The summed E-state index contributed by atoms with van der Waals surface area (Å²) in [6.07, 6.45) is 1.01. The quantitative estimate of drug-likeness (QED) is 0.617. The second kappa shape index (κ2) is 7.57. The van der Waals surface area contributed by atoms with E-state index in [9.17, 15) is 10.1 Å². The van der Waals surface area contributed by atoms with E-state index in [0.29, 0.717) is 18.2 Å². The summed E-state index contributed by atoms with van der Waals surface area (Å²) in [5.74, 6) is 0. The van der Waals surface area contributed by atoms with Gasteiger partial charge in [0.1, 0.15) is 0 Å². The van der Waals surface area contributed by atoms with Crippen molar-refractivity contribution >= 4 is 21.6 Å². The van der Waals surface area contributed by atoms with Gasteiger partial charge in [0.2, 0.25) is 0 Å². The standard InChI is InChI=1S/C13H20BrN3O2/c1-10(6-7-16(2)3)15-9-11-4-5-12(14)8-13(11)17(18)19/h4-5,8,10,15H,6-7,9H2,1-3H3. The highest BCUT2D eigenvalue weighted by Crippen LogP contribution is 2.23. The molecule has 0 bridgehead atoms. The zero-order valence-corrected chi connectivity index (χ0v) is 13.1. The van der Waals surface area contributed by atoms with Crippen molar-refractivity contribution in [1.82, 2.24) is 10.2 Å². The zero-order valence-electron chi connectivity index (χ0n) is 11.5. The van der Waals surface area contributed by atoms with E-state index in [1.165, 1.54) is 0 Å². The summed E-state index contributed by atoms with van der Waals surface area (Å²) in [5, 5.41) is 14.3. The second-order valence-electron chi connectivity index (χ2n) is 4.90. The third kappa shape index (κ3) is 5.67. The predicted molar refractivity (Wildman–Crippen MR) is 80.3 cm³/mol. The van der Waals surface area contributed by atoms with Crippen LogP contribution in [0.1, 0.15) is 18.9 Å². The molecule has 5 nitrogen and oxygen atoms in total. The molecule has 6 heteroatoms. The molecule has 1 rings (SSSR count). The van der Waals surface area contributed by atoms with Gasteiger partial charge in [-0.2, -0.15) is 0 Å². The van der Waals surface area contributed by atoms with E-state index >= 15 is 0 Å². The zero-order chi connectivity index (χ0) is 14.4. The number of hydrogen-bond donors (Lipinski definition) is 1. The minimum Gasteiger partial charge on any atom is -0.310 e. The maximum absolute atomic E-state index is 11.0. The van der Waals surface area contributed by atoms with Gasteiger partial charge in [0.15, 0.2) is 0 Å². The van der Waals surface area contributed by atoms with Crippen LogP contribution in [0.3, 0.4) is 0 Å². The van der Waals surface area contributed by atoms with Crippen molar-refractivity contribution in [2.45, 2.75) is 25.9 Å². The molecule has 0 spiro atoms. The first kappa shape index (κ1) is 16.1. The van der Waals surface area contributed by atoms with Crippen LogP contribution in [0.2, 0.25) is 0 Å². The molecule has 0 heterocycles. The Hall–Kier alpha value is -0.980. The van der Waals surface area contributed by atoms with E-state index in [4.69, 9.17) is 0 Å². The van der Waals surface area contributed by atoms with Gasteiger partial charge >= 0.3 is 0 Å². The molecule has 0 aromatic heterocycles. The summed E-state index contributed by atoms with van der Waals surface area (Å²) in [6.45, 7) is 3.60. The molecule has 1 N–H and O–H groups in total. The van der Waals surface area contributed by atoms with Gasteiger partial charge in [-0.05, 0) is 46.1 Å². The summed E-state index contributed by atoms with van der Waals surface area (Å²) in [7, 11) is 4.07. The van der Waals surface area contributed by atoms with E-state index in [-0.39, 0.29) is 10.6 Å². The normalized spacial score (nSPS) is 12.7. The fourth-order valence-corrected chi connectivity index (χ4v) is 2.04. The molecule has 0 aliphatic carbocycles. The Kier molecular flexibility index (Phi) is 6.41. The van der Waals surface area contributed by atoms with E-state index in [1.54, 1.807) is 12.1 Å². The minimum absolute atomic E-state index is 0.154. The molecule has 19 heavy (non-hydrogen) atoms. The van der Waals surface area contributed by atoms with Gasteiger partial charge in [-0.25, -0.2) is 0 Å². The van der Waals surface area contributed by atoms with E-state index < -0.39 is 0 Å². The van der Waals surface area contributed by atoms with Crippen molar-refractivity contribution in [2.75, 3.05) is 20.6 Å². The van der Waals surface area contributed by atoms with Crippen LogP contribution in [0.15, 0.2) is 22.7 Å². The average molecular weight is 330 g/mol. The first-order valence-corrected chi connectivity index (χ1v) is 7.00. The van der Waals surface area contributed by atoms with Crippen molar-refractivity contribution in [1.29, 1.82) is 0 Å². The van der Waals surface area contributed by atoms with E-state index in [2.05, 4.69) is 33.1 Å². The van der Waals surface area contributed by atoms with Crippen LogP contribution in [0.25, 0.3) is 0 Å². The Labute approximate surface area is 122 Å². The molecular formula is C13H20BrN3O2. The lowest BCUT2D eigenvalue weighted by Crippen LogP contribution is -2.29. The van der Waals surface area contributed by atoms with Crippen molar-refractivity contribution in [3.05, 3.63) is 38.3 Å². The topological polar surface area (TPSA) is 58.4 Å². The molecule has 0 fully saturated rings. The van der Waals surface area contributed by atoms with Crippen molar-refractivity contribution in [2.24, 2.45) is 0 Å². The number of halogens is 1. The largest absolute Gasteiger partial charge is 0.310 e. The molecule has 1 unspecified atom stereocenters. The SMILES string of the molecule is CC(CCN(C)C)NCc1ccc(Br)cc1[N+](=O)[O-]. The van der Waals surface area contributed by atoms with Crippen LogP contribution < -0.4 is 5.32 Å². The predicted octanol–water partition coefficient (Wildman–Crippen LogP) is 2.79. The van der Waals surface area contributed by atoms with Gasteiger partial charge in [-0.3, -0.25) is 10.1 Å². The molecule has 1 atom stereocenters. The highest BCUT2D eigenvalue weighted by molar-refractivity contribution is 9.10. The highest BCUT2D eigenvalue weighted by Gasteiger charge is 2.14. The molecule has 0 radical (unpaired) electrons. The van der Waals surface area contributed by atoms with Crippen molar-refractivity contribution in [3.63, 3.8) is 0 Å². The summed E-state index contributed by atoms with van der Waals surface area (Å²) >= 11 is 3.26. The van der Waals surface area contributed by atoms with Crippen LogP contribution in [0.5, 0.6) is 0 Å². The lowest BCUT2D eigenvalue weighted by Gasteiger charge is -2.16. The Morgan fingerprint density at radius 2 is 2.16 bits per heavy atom. The summed E-state index contributed by atoms with van der Waals surface area (Å²) in [4.78, 5) is 12.8. The molecule has 106 valence electrons. The van der Waals surface area contributed by atoms with Crippen LogP contribution in [-0.2, 0) is 6.54 Å². The molecule has 0 amide bonds. The third-order valence-corrected chi connectivity index (χ3v) is 3.39. The number of rotatable bonds is 7. The molecular weight excluding hydrogens is 310 g/mol. The monoisotopic (exact) mass is 329 g/mol. The van der Waals surface area contributed by atoms with Gasteiger partial charge in [0, 0.05) is 28.7 Å². The lowest BCUT2D eigenvalue weighted by molar-refractivity contribution is -0.385. The lowest BCUT2D eigenvalue weighted by atomic mass is 10.1. The van der Waals surface area contributed by atoms with Gasteiger partial charge in [-0.1, -0.05) is 15.9 Å². The molecule has 0 saturated heterocycles. The number of nitrogens with one attached hydrogen (secondary N) is 1. The average Bonchev–Trinajstić information content (AvgIpc) is 2.34. The van der Waals surface area contributed by atoms with Crippen LogP contribution in [0, 0.1) is 10.1 Å². The second-order valence-corrected chi connectivity index (χ2v) is 5.82. The number of nitrogens with zero attached hydrogens (tertiary/aromatic N) is 2. The fraction of sp³-hybridized carbons (Fsp3) is 0.538. The van der Waals surface area contributed by atoms with E-state index in [0.717, 1.165) is 17.4 Å². The van der Waals surface area contributed by atoms with Gasteiger partial charge in [0.25, 0.3) is 5.69 Å². The van der Waals surface area contributed by atoms with Gasteiger partial charge < -0.3 is 10.2 Å². The number of benzene rings is 1. The van der Waals surface area contributed by atoms with Gasteiger partial charge in [0.05, 0.1) is 4.92 Å². The number of nitro benzene ring substituents is 1. The summed E-state index contributed by atoms with van der Waals surface area (Å²) < 4.78 is 0.726. The van der Waals surface area contributed by atoms with E-state index in [1.807, 2.05) is 20.2 Å². The summed E-state index contributed by atoms with van der Waals surface area (Å²) in [6, 6.07) is 5.48. The maximum Gasteiger partial charge on any atom is 0.275 e. The highest BCUT2D eigenvalue weighted by atomic mass is 79.9. The Morgan fingerprint density at radius 3 is 2.74 bits per heavy atom. The van der Waals surface area contributed by atoms with Crippen LogP contribution in [0.4, 0.5) is 5.69 Å². The number of hydrogen-bond acceptors (Lipinski definition) is 4. The molecule has 0 aliphatic rings. The van der Waals surface area contributed by atoms with Gasteiger partial charge in [-0.15, -0.1) is 0 Å². The first-order valence-electron chi connectivity index (χ1n) is 6.21. The van der Waals surface area contributed by atoms with Crippen LogP contribution in [-0.4, -0.2) is 36.5 Å². The minimum atomic E-state index is -0.341. The molecule has 1 aromatic carbocycles. The van der Waals surface area contributed by atoms with Crippen LogP contribution >= 0.6 is 15.9 Å². The Morgan fingerprint density at radius 1 is 1.47 bits per heavy atom. The van der Waals surface area contributed by atoms with Crippen molar-refractivity contribution < 1.29 is 4.92 Å². The van der Waals surface area contributed by atoms with Crippen molar-refractivity contribution in [3.8, 4) is 0 Å². The third-order valence-electron chi connectivity index (χ3n) is 2.89. The maximum atomic E-state index is 11.0. The first-order chi connectivity index (χ1) is 8.90. The molecule has 0 aliphatic heterocycles. The molecule has 0 saturated carbocycles. The summed E-state index contributed by atoms with van der Waals surface area (Å²) in [5.41, 5.74) is 0.867. The molecule has 1 aromatic rings. The fourth-order valence-electron chi connectivity index (χ4n) is 1.69. The number of nitro groups is 1. The Bertz CT molecular complexity index is 438.